The van der Waals surface area contributed by atoms with Crippen LogP contribution in [0, 0.1) is 0 Å². The molecule has 0 rings (SSSR count). The molecule has 0 saturated carbocycles. The molecule has 13 heavy (non-hydrogen) atoms. The van der Waals surface area contributed by atoms with Gasteiger partial charge in [0.05, 0.1) is 0 Å². The maximum Gasteiger partial charge on any atom is 0.327 e. The van der Waals surface area contributed by atoms with Crippen LogP contribution in [0.15, 0.2) is 12.2 Å². The van der Waals surface area contributed by atoms with Crippen molar-refractivity contribution >= 4 is 17.7 Å². The Kier molecular flexibility index (Phi) is 9.04. The average Bonchev–Trinajstić information content (AvgIpc) is 1.83. The lowest BCUT2D eigenvalue weighted by molar-refractivity contribution is -0.139. The molecule has 0 spiro atoms. The fourth-order valence-electron chi connectivity index (χ4n) is 0.356. The van der Waals surface area contributed by atoms with Gasteiger partial charge in [0.1, 0.15) is 12.2 Å². The van der Waals surface area contributed by atoms with Gasteiger partial charge in [-0.2, -0.15) is 0 Å². The number of hydrogen-bond acceptors (Lipinski definition) is 3. The molecule has 0 fully saturated rings. The second-order valence-corrected chi connectivity index (χ2v) is 2.11. The number of allylic oxidation sites excluding steroid dienone is 1. The SMILES string of the molecule is C/C=C/C(=O)O.CC(=O)CC(=O)O. The summed E-state index contributed by atoms with van der Waals surface area (Å²) in [6.07, 6.45) is 2.20. The van der Waals surface area contributed by atoms with Crippen molar-refractivity contribution in [3.05, 3.63) is 12.2 Å². The summed E-state index contributed by atoms with van der Waals surface area (Å²) in [7, 11) is 0. The molecule has 0 aliphatic heterocycles. The minimum absolute atomic E-state index is 0.312. The van der Waals surface area contributed by atoms with E-state index in [4.69, 9.17) is 10.2 Å². The van der Waals surface area contributed by atoms with E-state index in [1.807, 2.05) is 0 Å². The number of carboxylic acids is 2. The van der Waals surface area contributed by atoms with Gasteiger partial charge in [0.15, 0.2) is 0 Å². The van der Waals surface area contributed by atoms with Crippen LogP contribution < -0.4 is 0 Å². The Hall–Kier alpha value is -1.65. The summed E-state index contributed by atoms with van der Waals surface area (Å²) in [5, 5.41) is 15.7. The first-order valence-corrected chi connectivity index (χ1v) is 3.47. The maximum atomic E-state index is 9.87. The van der Waals surface area contributed by atoms with Crippen LogP contribution in [-0.2, 0) is 14.4 Å². The normalized spacial score (nSPS) is 8.77. The minimum atomic E-state index is -1.06. The van der Waals surface area contributed by atoms with Gasteiger partial charge < -0.3 is 10.2 Å². The lowest BCUT2D eigenvalue weighted by atomic mass is 10.3. The molecule has 0 radical (unpaired) electrons. The Morgan fingerprint density at radius 2 is 1.69 bits per heavy atom. The van der Waals surface area contributed by atoms with Crippen LogP contribution in [0.4, 0.5) is 0 Å². The highest BCUT2D eigenvalue weighted by Gasteiger charge is 1.98. The van der Waals surface area contributed by atoms with Gasteiger partial charge in [-0.05, 0) is 13.8 Å². The van der Waals surface area contributed by atoms with Gasteiger partial charge in [0.2, 0.25) is 0 Å². The van der Waals surface area contributed by atoms with Gasteiger partial charge in [0.25, 0.3) is 0 Å². The molecule has 0 saturated heterocycles. The molecule has 0 amide bonds. The van der Waals surface area contributed by atoms with Crippen molar-refractivity contribution in [2.75, 3.05) is 0 Å². The van der Waals surface area contributed by atoms with E-state index >= 15 is 0 Å². The molecule has 2 N–H and O–H groups in total. The quantitative estimate of drug-likeness (QED) is 0.502. The van der Waals surface area contributed by atoms with Crippen LogP contribution in [0.25, 0.3) is 0 Å². The Morgan fingerprint density at radius 1 is 1.23 bits per heavy atom. The van der Waals surface area contributed by atoms with E-state index in [1.54, 1.807) is 6.92 Å². The van der Waals surface area contributed by atoms with E-state index < -0.39 is 11.9 Å². The first-order chi connectivity index (χ1) is 5.90. The number of carboxylic acid groups (broad SMARTS) is 2. The summed E-state index contributed by atoms with van der Waals surface area (Å²) in [5.74, 6) is -2.27. The third kappa shape index (κ3) is 25.2. The fraction of sp³-hybridized carbons (Fsp3) is 0.375. The monoisotopic (exact) mass is 188 g/mol. The highest BCUT2D eigenvalue weighted by molar-refractivity contribution is 5.93. The summed E-state index contributed by atoms with van der Waals surface area (Å²) in [4.78, 5) is 29.0. The lowest BCUT2D eigenvalue weighted by Gasteiger charge is -1.80. The molecular formula is C8H12O5. The summed E-state index contributed by atoms with van der Waals surface area (Å²) in [6.45, 7) is 2.90. The topological polar surface area (TPSA) is 91.7 Å². The average molecular weight is 188 g/mol. The molecule has 0 aromatic rings. The van der Waals surface area contributed by atoms with Gasteiger partial charge in [0, 0.05) is 6.08 Å². The molecule has 0 aliphatic carbocycles. The summed E-state index contributed by atoms with van der Waals surface area (Å²) >= 11 is 0. The predicted octanol–water partition coefficient (Wildman–Crippen LogP) is 0.697. The second kappa shape index (κ2) is 8.45. The van der Waals surface area contributed by atoms with Crippen molar-refractivity contribution < 1.29 is 24.6 Å². The third-order valence-electron chi connectivity index (χ3n) is 0.709. The smallest absolute Gasteiger partial charge is 0.327 e. The highest BCUT2D eigenvalue weighted by atomic mass is 16.4. The Labute approximate surface area is 75.7 Å². The third-order valence-corrected chi connectivity index (χ3v) is 0.709. The molecule has 0 aliphatic rings. The van der Waals surface area contributed by atoms with Gasteiger partial charge in [-0.25, -0.2) is 4.79 Å². The van der Waals surface area contributed by atoms with Crippen molar-refractivity contribution in [3.8, 4) is 0 Å². The van der Waals surface area contributed by atoms with Gasteiger partial charge in [-0.15, -0.1) is 0 Å². The molecule has 0 atom stereocenters. The fourth-order valence-corrected chi connectivity index (χ4v) is 0.356. The van der Waals surface area contributed by atoms with Gasteiger partial charge in [-0.3, -0.25) is 9.59 Å². The van der Waals surface area contributed by atoms with E-state index in [1.165, 1.54) is 13.0 Å². The number of carbonyl (C=O) groups is 3. The maximum absolute atomic E-state index is 9.87. The summed E-state index contributed by atoms with van der Waals surface area (Å²) in [6, 6.07) is 0. The molecule has 0 aromatic carbocycles. The number of carbonyl (C=O) groups excluding carboxylic acids is 1. The van der Waals surface area contributed by atoms with Crippen molar-refractivity contribution in [1.82, 2.24) is 0 Å². The van der Waals surface area contributed by atoms with Crippen LogP contribution in [-0.4, -0.2) is 27.9 Å². The summed E-state index contributed by atoms with van der Waals surface area (Å²) < 4.78 is 0. The first-order valence-electron chi connectivity index (χ1n) is 3.47. The van der Waals surface area contributed by atoms with Crippen LogP contribution in [0.3, 0.4) is 0 Å². The van der Waals surface area contributed by atoms with Crippen molar-refractivity contribution in [3.63, 3.8) is 0 Å². The molecule has 0 unspecified atom stereocenters. The van der Waals surface area contributed by atoms with Crippen LogP contribution in [0.2, 0.25) is 0 Å². The Morgan fingerprint density at radius 3 is 1.69 bits per heavy atom. The van der Waals surface area contributed by atoms with E-state index in [0.29, 0.717) is 0 Å². The van der Waals surface area contributed by atoms with E-state index in [-0.39, 0.29) is 12.2 Å². The standard InChI is InChI=1S/C4H6O3.C4H6O2/c1-3(5)2-4(6)7;1-2-3-4(5)6/h2H2,1H3,(H,6,7);2-3H,1H3,(H,5,6)/b;3-2+. The highest BCUT2D eigenvalue weighted by Crippen LogP contribution is 1.77. The van der Waals surface area contributed by atoms with Crippen molar-refractivity contribution in [1.29, 1.82) is 0 Å². The number of aliphatic carboxylic acids is 2. The van der Waals surface area contributed by atoms with E-state index in [2.05, 4.69) is 0 Å². The zero-order valence-corrected chi connectivity index (χ0v) is 7.48. The first kappa shape index (κ1) is 13.9. The number of ketones is 1. The van der Waals surface area contributed by atoms with E-state index in [0.717, 1.165) is 6.08 Å². The Bertz CT molecular complexity index is 205. The molecule has 74 valence electrons. The molecule has 5 heteroatoms. The molecule has 5 nitrogen and oxygen atoms in total. The number of Topliss-reactive ketones (excluding diaryl/α,β-unsaturated/α-hetero) is 1. The predicted molar refractivity (Wildman–Crippen MR) is 45.4 cm³/mol. The van der Waals surface area contributed by atoms with Gasteiger partial charge >= 0.3 is 11.9 Å². The largest absolute Gasteiger partial charge is 0.481 e. The summed E-state index contributed by atoms with van der Waals surface area (Å²) in [5.41, 5.74) is 0. The minimum Gasteiger partial charge on any atom is -0.481 e. The molecular weight excluding hydrogens is 176 g/mol. The van der Waals surface area contributed by atoms with Crippen LogP contribution in [0.5, 0.6) is 0 Å². The van der Waals surface area contributed by atoms with Crippen molar-refractivity contribution in [2.24, 2.45) is 0 Å². The zero-order chi connectivity index (χ0) is 10.9. The molecule has 0 bridgehead atoms. The van der Waals surface area contributed by atoms with E-state index in [9.17, 15) is 14.4 Å². The van der Waals surface area contributed by atoms with Crippen LogP contribution in [0.1, 0.15) is 20.3 Å². The number of hydrogen-bond donors (Lipinski definition) is 2. The van der Waals surface area contributed by atoms with Crippen LogP contribution >= 0.6 is 0 Å². The zero-order valence-electron chi connectivity index (χ0n) is 7.48. The number of rotatable bonds is 3. The molecule has 0 heterocycles. The lowest BCUT2D eigenvalue weighted by Crippen LogP contribution is -2.00. The van der Waals surface area contributed by atoms with Crippen molar-refractivity contribution in [2.45, 2.75) is 20.3 Å². The Balaban J connectivity index is 0. The second-order valence-electron chi connectivity index (χ2n) is 2.11. The molecule has 0 aromatic heterocycles. The van der Waals surface area contributed by atoms with Gasteiger partial charge in [-0.1, -0.05) is 6.08 Å².